The van der Waals surface area contributed by atoms with Crippen LogP contribution in [0.1, 0.15) is 29.7 Å². The van der Waals surface area contributed by atoms with Crippen LogP contribution in [0.3, 0.4) is 0 Å². The first kappa shape index (κ1) is 14.9. The molecule has 1 unspecified atom stereocenters. The SMILES string of the molecule is Cn1ncc2c1CC(O)OC21CCN(Cc2ccccc2)CC1. The van der Waals surface area contributed by atoms with Crippen molar-refractivity contribution in [2.45, 2.75) is 37.7 Å². The van der Waals surface area contributed by atoms with E-state index in [2.05, 4.69) is 40.3 Å². The van der Waals surface area contributed by atoms with Gasteiger partial charge in [0.1, 0.15) is 5.60 Å². The highest BCUT2D eigenvalue weighted by molar-refractivity contribution is 5.29. The lowest BCUT2D eigenvalue weighted by molar-refractivity contribution is -0.216. The van der Waals surface area contributed by atoms with Crippen LogP contribution in [-0.4, -0.2) is 39.2 Å². The maximum absolute atomic E-state index is 10.1. The third-order valence-corrected chi connectivity index (χ3v) is 5.19. The number of aliphatic hydroxyl groups is 1. The number of fused-ring (bicyclic) bond motifs is 2. The van der Waals surface area contributed by atoms with Gasteiger partial charge in [0.25, 0.3) is 0 Å². The Bertz CT molecular complexity index is 675. The molecule has 4 rings (SSSR count). The van der Waals surface area contributed by atoms with Gasteiger partial charge in [-0.1, -0.05) is 30.3 Å². The second-order valence-electron chi connectivity index (χ2n) is 6.66. The van der Waals surface area contributed by atoms with Gasteiger partial charge in [0.05, 0.1) is 6.20 Å². The fraction of sp³-hybridized carbons (Fsp3) is 0.500. The first-order chi connectivity index (χ1) is 11.2. The number of hydrogen-bond acceptors (Lipinski definition) is 4. The van der Waals surface area contributed by atoms with Gasteiger partial charge in [-0.15, -0.1) is 0 Å². The highest BCUT2D eigenvalue weighted by Gasteiger charge is 2.45. The molecule has 1 atom stereocenters. The summed E-state index contributed by atoms with van der Waals surface area (Å²) in [5.41, 5.74) is 3.26. The number of rotatable bonds is 2. The van der Waals surface area contributed by atoms with Crippen LogP contribution in [0.2, 0.25) is 0 Å². The van der Waals surface area contributed by atoms with E-state index < -0.39 is 6.29 Å². The Morgan fingerprint density at radius 2 is 2.00 bits per heavy atom. The molecule has 1 N–H and O–H groups in total. The zero-order valence-electron chi connectivity index (χ0n) is 13.5. The number of aromatic nitrogens is 2. The number of ether oxygens (including phenoxy) is 1. The maximum Gasteiger partial charge on any atom is 0.161 e. The molecule has 122 valence electrons. The predicted octanol–water partition coefficient (Wildman–Crippen LogP) is 1.80. The second kappa shape index (κ2) is 5.74. The molecule has 1 aromatic carbocycles. The van der Waals surface area contributed by atoms with Crippen molar-refractivity contribution >= 4 is 0 Å². The molecular weight excluding hydrogens is 290 g/mol. The van der Waals surface area contributed by atoms with E-state index >= 15 is 0 Å². The van der Waals surface area contributed by atoms with Gasteiger partial charge in [-0.3, -0.25) is 9.58 Å². The summed E-state index contributed by atoms with van der Waals surface area (Å²) in [7, 11) is 1.94. The molecule has 1 fully saturated rings. The van der Waals surface area contributed by atoms with Gasteiger partial charge in [-0.2, -0.15) is 5.10 Å². The summed E-state index contributed by atoms with van der Waals surface area (Å²) in [6.07, 6.45) is 3.53. The lowest BCUT2D eigenvalue weighted by Gasteiger charge is -2.45. The van der Waals surface area contributed by atoms with Crippen molar-refractivity contribution in [3.63, 3.8) is 0 Å². The van der Waals surface area contributed by atoms with Crippen molar-refractivity contribution in [2.75, 3.05) is 13.1 Å². The Balaban J connectivity index is 1.50. The molecule has 3 heterocycles. The van der Waals surface area contributed by atoms with E-state index in [9.17, 15) is 5.11 Å². The zero-order valence-corrected chi connectivity index (χ0v) is 13.5. The monoisotopic (exact) mass is 313 g/mol. The van der Waals surface area contributed by atoms with Crippen molar-refractivity contribution in [1.29, 1.82) is 0 Å². The molecule has 1 spiro atoms. The maximum atomic E-state index is 10.1. The smallest absolute Gasteiger partial charge is 0.161 e. The number of hydrogen-bond donors (Lipinski definition) is 1. The molecule has 0 radical (unpaired) electrons. The molecule has 0 bridgehead atoms. The topological polar surface area (TPSA) is 50.5 Å². The summed E-state index contributed by atoms with van der Waals surface area (Å²) in [4.78, 5) is 2.46. The quantitative estimate of drug-likeness (QED) is 0.918. The summed E-state index contributed by atoms with van der Waals surface area (Å²) >= 11 is 0. The number of benzene rings is 1. The Kier molecular flexibility index (Phi) is 3.71. The molecule has 2 aliphatic rings. The predicted molar refractivity (Wildman–Crippen MR) is 86.6 cm³/mol. The molecular formula is C18H23N3O2. The van der Waals surface area contributed by atoms with Crippen LogP contribution in [0.25, 0.3) is 0 Å². The molecule has 2 aromatic rings. The minimum atomic E-state index is -0.724. The zero-order chi connectivity index (χ0) is 15.9. The van der Waals surface area contributed by atoms with Crippen LogP contribution in [-0.2, 0) is 30.4 Å². The first-order valence-corrected chi connectivity index (χ1v) is 8.30. The molecule has 0 amide bonds. The average Bonchev–Trinajstić information content (AvgIpc) is 2.93. The van der Waals surface area contributed by atoms with E-state index in [-0.39, 0.29) is 5.60 Å². The second-order valence-corrected chi connectivity index (χ2v) is 6.66. The molecule has 5 nitrogen and oxygen atoms in total. The molecule has 5 heteroatoms. The van der Waals surface area contributed by atoms with Crippen LogP contribution in [0, 0.1) is 0 Å². The molecule has 0 saturated carbocycles. The van der Waals surface area contributed by atoms with Gasteiger partial charge in [-0.25, -0.2) is 0 Å². The normalized spacial score (nSPS) is 23.8. The van der Waals surface area contributed by atoms with Crippen LogP contribution >= 0.6 is 0 Å². The highest BCUT2D eigenvalue weighted by Crippen LogP contribution is 2.42. The summed E-state index contributed by atoms with van der Waals surface area (Å²) in [5.74, 6) is 0. The summed E-state index contributed by atoms with van der Waals surface area (Å²) in [5, 5.41) is 14.5. The van der Waals surface area contributed by atoms with Crippen LogP contribution in [0.5, 0.6) is 0 Å². The summed E-state index contributed by atoms with van der Waals surface area (Å²) in [6.45, 7) is 2.91. The third-order valence-electron chi connectivity index (χ3n) is 5.19. The van der Waals surface area contributed by atoms with Crippen LogP contribution < -0.4 is 0 Å². The number of aliphatic hydroxyl groups excluding tert-OH is 1. The van der Waals surface area contributed by atoms with Crippen molar-refractivity contribution in [1.82, 2.24) is 14.7 Å². The minimum absolute atomic E-state index is 0.367. The molecule has 0 aliphatic carbocycles. The van der Waals surface area contributed by atoms with E-state index in [1.165, 1.54) is 11.1 Å². The fourth-order valence-electron chi connectivity index (χ4n) is 3.92. The fourth-order valence-corrected chi connectivity index (χ4v) is 3.92. The van der Waals surface area contributed by atoms with Gasteiger partial charge in [0.15, 0.2) is 6.29 Å². The standard InChI is InChI=1S/C18H23N3O2/c1-20-16-11-17(22)23-18(15(16)12-19-20)7-9-21(10-8-18)13-14-5-3-2-4-6-14/h2-6,12,17,22H,7-11,13H2,1H3. The van der Waals surface area contributed by atoms with E-state index in [0.717, 1.165) is 38.2 Å². The molecule has 23 heavy (non-hydrogen) atoms. The van der Waals surface area contributed by atoms with E-state index in [1.807, 2.05) is 17.9 Å². The van der Waals surface area contributed by atoms with Crippen molar-refractivity contribution < 1.29 is 9.84 Å². The lowest BCUT2D eigenvalue weighted by atomic mass is 9.82. The van der Waals surface area contributed by atoms with Crippen molar-refractivity contribution in [2.24, 2.45) is 7.05 Å². The number of nitrogens with zero attached hydrogens (tertiary/aromatic N) is 3. The van der Waals surface area contributed by atoms with E-state index in [0.29, 0.717) is 6.42 Å². The highest BCUT2D eigenvalue weighted by atomic mass is 16.6. The molecule has 2 aliphatic heterocycles. The Labute approximate surface area is 136 Å². The minimum Gasteiger partial charge on any atom is -0.368 e. The van der Waals surface area contributed by atoms with E-state index in [1.54, 1.807) is 0 Å². The van der Waals surface area contributed by atoms with Crippen molar-refractivity contribution in [3.05, 3.63) is 53.3 Å². The average molecular weight is 313 g/mol. The van der Waals surface area contributed by atoms with Crippen LogP contribution in [0.15, 0.2) is 36.5 Å². The van der Waals surface area contributed by atoms with E-state index in [4.69, 9.17) is 4.74 Å². The molecule has 1 aromatic heterocycles. The Morgan fingerprint density at radius 1 is 1.26 bits per heavy atom. The van der Waals surface area contributed by atoms with Gasteiger partial charge >= 0.3 is 0 Å². The number of aryl methyl sites for hydroxylation is 1. The largest absolute Gasteiger partial charge is 0.368 e. The third kappa shape index (κ3) is 2.69. The van der Waals surface area contributed by atoms with Gasteiger partial charge < -0.3 is 9.84 Å². The number of piperidine rings is 1. The summed E-state index contributed by atoms with van der Waals surface area (Å²) in [6, 6.07) is 10.6. The van der Waals surface area contributed by atoms with Crippen LogP contribution in [0.4, 0.5) is 0 Å². The van der Waals surface area contributed by atoms with Crippen molar-refractivity contribution in [3.8, 4) is 0 Å². The number of likely N-dealkylation sites (tertiary alicyclic amines) is 1. The molecule has 1 saturated heterocycles. The first-order valence-electron chi connectivity index (χ1n) is 8.30. The Hall–Kier alpha value is -1.69. The van der Waals surface area contributed by atoms with Gasteiger partial charge in [-0.05, 0) is 18.4 Å². The Morgan fingerprint density at radius 3 is 2.74 bits per heavy atom. The van der Waals surface area contributed by atoms with Gasteiger partial charge in [0, 0.05) is 44.4 Å². The van der Waals surface area contributed by atoms with Gasteiger partial charge in [0.2, 0.25) is 0 Å². The lowest BCUT2D eigenvalue weighted by Crippen LogP contribution is -2.48. The summed E-state index contributed by atoms with van der Waals surface area (Å²) < 4.78 is 7.90.